The smallest absolute Gasteiger partial charge is 0.161 e. The summed E-state index contributed by atoms with van der Waals surface area (Å²) in [5.41, 5.74) is 3.37. The molecule has 0 spiro atoms. The molecule has 4 nitrogen and oxygen atoms in total. The van der Waals surface area contributed by atoms with Crippen LogP contribution >= 0.6 is 0 Å². The van der Waals surface area contributed by atoms with Gasteiger partial charge in [0, 0.05) is 6.54 Å². The molecule has 0 atom stereocenters. The van der Waals surface area contributed by atoms with Crippen molar-refractivity contribution < 1.29 is 9.47 Å². The molecule has 172 valence electrons. The van der Waals surface area contributed by atoms with Crippen LogP contribution in [0.15, 0.2) is 55.1 Å². The van der Waals surface area contributed by atoms with Crippen molar-refractivity contribution in [3.05, 3.63) is 66.5 Å². The lowest BCUT2D eigenvalue weighted by molar-refractivity contribution is 0.271. The molecule has 0 bridgehead atoms. The number of aryl methyl sites for hydroxylation is 1. The third-order valence-corrected chi connectivity index (χ3v) is 5.93. The third-order valence-electron chi connectivity index (χ3n) is 5.93. The van der Waals surface area contributed by atoms with Crippen molar-refractivity contribution in [3.8, 4) is 11.5 Å². The number of allylic oxidation sites excluding steroid dienone is 1. The van der Waals surface area contributed by atoms with Crippen LogP contribution in [0, 0.1) is 0 Å². The first-order valence-electron chi connectivity index (χ1n) is 12.1. The highest BCUT2D eigenvalue weighted by molar-refractivity contribution is 5.75. The molecule has 0 fully saturated rings. The number of nitrogens with zero attached hydrogens (tertiary/aromatic N) is 2. The molecular weight excluding hydrogens is 396 g/mol. The van der Waals surface area contributed by atoms with Gasteiger partial charge in [-0.05, 0) is 42.7 Å². The van der Waals surface area contributed by atoms with Gasteiger partial charge in [-0.3, -0.25) is 0 Å². The van der Waals surface area contributed by atoms with Gasteiger partial charge in [0.2, 0.25) is 0 Å². The number of para-hydroxylation sites is 2. The van der Waals surface area contributed by atoms with Crippen LogP contribution in [0.5, 0.6) is 11.5 Å². The lowest BCUT2D eigenvalue weighted by atomic mass is 10.1. The van der Waals surface area contributed by atoms with Crippen LogP contribution in [0.4, 0.5) is 0 Å². The minimum Gasteiger partial charge on any atom is -0.493 e. The Hall–Kier alpha value is -2.75. The largest absolute Gasteiger partial charge is 0.493 e. The molecule has 1 aromatic heterocycles. The Morgan fingerprint density at radius 1 is 0.938 bits per heavy atom. The number of aromatic nitrogens is 2. The first kappa shape index (κ1) is 23.9. The molecule has 32 heavy (non-hydrogen) atoms. The van der Waals surface area contributed by atoms with Gasteiger partial charge in [-0.25, -0.2) is 4.98 Å². The summed E-state index contributed by atoms with van der Waals surface area (Å²) >= 11 is 0. The maximum absolute atomic E-state index is 6.17. The van der Waals surface area contributed by atoms with Crippen LogP contribution in [0.2, 0.25) is 0 Å². The van der Waals surface area contributed by atoms with Gasteiger partial charge in [-0.15, -0.1) is 6.58 Å². The van der Waals surface area contributed by atoms with Gasteiger partial charge < -0.3 is 14.0 Å². The minimum atomic E-state index is 0.420. The Kier molecular flexibility index (Phi) is 9.67. The summed E-state index contributed by atoms with van der Waals surface area (Å²) < 4.78 is 14.0. The molecule has 0 radical (unpaired) electrons. The average Bonchev–Trinajstić information content (AvgIpc) is 3.17. The number of imidazole rings is 1. The summed E-state index contributed by atoms with van der Waals surface area (Å²) in [5.74, 6) is 2.45. The average molecular weight is 435 g/mol. The molecule has 0 aliphatic rings. The third kappa shape index (κ3) is 6.62. The second-order valence-corrected chi connectivity index (χ2v) is 8.41. The number of hydrogen-bond acceptors (Lipinski definition) is 3. The zero-order valence-electron chi connectivity index (χ0n) is 19.8. The van der Waals surface area contributed by atoms with Crippen LogP contribution in [0.1, 0.15) is 69.7 Å². The maximum atomic E-state index is 6.17. The van der Waals surface area contributed by atoms with Gasteiger partial charge in [0.1, 0.15) is 12.4 Å². The highest BCUT2D eigenvalue weighted by Gasteiger charge is 2.13. The highest BCUT2D eigenvalue weighted by atomic mass is 16.5. The number of hydrogen-bond donors (Lipinski definition) is 0. The van der Waals surface area contributed by atoms with Gasteiger partial charge in [0.25, 0.3) is 0 Å². The summed E-state index contributed by atoms with van der Waals surface area (Å²) in [4.78, 5) is 4.86. The van der Waals surface area contributed by atoms with Crippen molar-refractivity contribution >= 4 is 11.0 Å². The zero-order chi connectivity index (χ0) is 22.6. The standard InChI is InChI=1S/C28H38N2O2/c1-4-6-7-8-9-10-11-14-20-30-25-17-13-12-16-24(25)29-28(30)22-32-26-19-18-23(15-5-2)21-27(26)31-3/h5,12-13,16-19,21H,2,4,6-11,14-15,20,22H2,1,3H3. The van der Waals surface area contributed by atoms with Crippen molar-refractivity contribution in [2.45, 2.75) is 77.9 Å². The molecule has 3 aromatic rings. The predicted octanol–water partition coefficient (Wildman–Crippen LogP) is 7.49. The van der Waals surface area contributed by atoms with Crippen molar-refractivity contribution in [3.63, 3.8) is 0 Å². The van der Waals surface area contributed by atoms with Gasteiger partial charge in [0.05, 0.1) is 18.1 Å². The molecule has 0 N–H and O–H groups in total. The molecule has 0 saturated heterocycles. The SMILES string of the molecule is C=CCc1ccc(OCc2nc3ccccc3n2CCCCCCCCCC)c(OC)c1. The topological polar surface area (TPSA) is 36.3 Å². The van der Waals surface area contributed by atoms with E-state index in [1.165, 1.54) is 56.9 Å². The van der Waals surface area contributed by atoms with E-state index in [2.05, 4.69) is 42.3 Å². The Balaban J connectivity index is 1.63. The van der Waals surface area contributed by atoms with Crippen LogP contribution in [0.25, 0.3) is 11.0 Å². The Morgan fingerprint density at radius 3 is 2.44 bits per heavy atom. The number of benzene rings is 2. The van der Waals surface area contributed by atoms with Crippen LogP contribution in [-0.2, 0) is 19.6 Å². The van der Waals surface area contributed by atoms with Crippen LogP contribution in [0.3, 0.4) is 0 Å². The first-order chi connectivity index (χ1) is 15.8. The van der Waals surface area contributed by atoms with Gasteiger partial charge in [-0.2, -0.15) is 0 Å². The fourth-order valence-electron chi connectivity index (χ4n) is 4.16. The molecule has 2 aromatic carbocycles. The van der Waals surface area contributed by atoms with Gasteiger partial charge in [0.15, 0.2) is 11.5 Å². The summed E-state index contributed by atoms with van der Waals surface area (Å²) in [6.07, 6.45) is 13.2. The molecule has 0 unspecified atom stereocenters. The Bertz CT molecular complexity index is 977. The summed E-state index contributed by atoms with van der Waals surface area (Å²) in [6, 6.07) is 14.4. The molecule has 0 saturated carbocycles. The molecule has 4 heteroatoms. The maximum Gasteiger partial charge on any atom is 0.161 e. The number of unbranched alkanes of at least 4 members (excludes halogenated alkanes) is 7. The molecule has 0 amide bonds. The van der Waals surface area contributed by atoms with Crippen molar-refractivity contribution in [1.82, 2.24) is 9.55 Å². The molecule has 3 rings (SSSR count). The fraction of sp³-hybridized carbons (Fsp3) is 0.464. The summed E-state index contributed by atoms with van der Waals surface area (Å²) in [6.45, 7) is 7.47. The second-order valence-electron chi connectivity index (χ2n) is 8.41. The quantitative estimate of drug-likeness (QED) is 0.184. The number of methoxy groups -OCH3 is 1. The van der Waals surface area contributed by atoms with E-state index in [0.717, 1.165) is 41.4 Å². The molecular formula is C28H38N2O2. The molecule has 0 aliphatic heterocycles. The van der Waals surface area contributed by atoms with E-state index in [1.807, 2.05) is 24.3 Å². The normalized spacial score (nSPS) is 11.1. The van der Waals surface area contributed by atoms with E-state index in [0.29, 0.717) is 6.61 Å². The van der Waals surface area contributed by atoms with E-state index in [-0.39, 0.29) is 0 Å². The number of ether oxygens (including phenoxy) is 2. The van der Waals surface area contributed by atoms with E-state index in [1.54, 1.807) is 7.11 Å². The van der Waals surface area contributed by atoms with Gasteiger partial charge in [-0.1, -0.05) is 76.1 Å². The summed E-state index contributed by atoms with van der Waals surface area (Å²) in [5, 5.41) is 0. The molecule has 0 aliphatic carbocycles. The van der Waals surface area contributed by atoms with Gasteiger partial charge >= 0.3 is 0 Å². The molecule has 1 heterocycles. The predicted molar refractivity (Wildman–Crippen MR) is 134 cm³/mol. The number of fused-ring (bicyclic) bond motifs is 1. The van der Waals surface area contributed by atoms with Crippen LogP contribution in [-0.4, -0.2) is 16.7 Å². The lowest BCUT2D eigenvalue weighted by Crippen LogP contribution is -2.08. The van der Waals surface area contributed by atoms with Crippen molar-refractivity contribution in [2.75, 3.05) is 7.11 Å². The first-order valence-corrected chi connectivity index (χ1v) is 12.1. The Morgan fingerprint density at radius 2 is 1.69 bits per heavy atom. The zero-order valence-corrected chi connectivity index (χ0v) is 19.8. The van der Waals surface area contributed by atoms with Crippen molar-refractivity contribution in [2.24, 2.45) is 0 Å². The minimum absolute atomic E-state index is 0.420. The fourth-order valence-corrected chi connectivity index (χ4v) is 4.16. The second kappa shape index (κ2) is 12.9. The van der Waals surface area contributed by atoms with Crippen LogP contribution < -0.4 is 9.47 Å². The lowest BCUT2D eigenvalue weighted by Gasteiger charge is -2.13. The highest BCUT2D eigenvalue weighted by Crippen LogP contribution is 2.29. The van der Waals surface area contributed by atoms with E-state index in [9.17, 15) is 0 Å². The van der Waals surface area contributed by atoms with E-state index >= 15 is 0 Å². The number of rotatable bonds is 15. The summed E-state index contributed by atoms with van der Waals surface area (Å²) in [7, 11) is 1.68. The monoisotopic (exact) mass is 434 g/mol. The van der Waals surface area contributed by atoms with E-state index < -0.39 is 0 Å². The van der Waals surface area contributed by atoms with E-state index in [4.69, 9.17) is 14.5 Å². The Labute approximate surface area is 193 Å². The van der Waals surface area contributed by atoms with Crippen molar-refractivity contribution in [1.29, 1.82) is 0 Å².